The summed E-state index contributed by atoms with van der Waals surface area (Å²) in [4.78, 5) is 2.26. The zero-order valence-electron chi connectivity index (χ0n) is 13.7. The smallest absolute Gasteiger partial charge is 0.303 e. The van der Waals surface area contributed by atoms with E-state index in [-0.39, 0.29) is 0 Å². The maximum atomic E-state index is 11.3. The topological polar surface area (TPSA) is 60.9 Å². The second-order valence-electron chi connectivity index (χ2n) is 6.12. The summed E-state index contributed by atoms with van der Waals surface area (Å²) in [6.07, 6.45) is 7.06. The van der Waals surface area contributed by atoms with Crippen LogP contribution in [0.25, 0.3) is 0 Å². The van der Waals surface area contributed by atoms with Crippen molar-refractivity contribution in [3.63, 3.8) is 0 Å². The number of fused-ring (bicyclic) bond motifs is 1. The molecule has 1 aromatic rings. The number of unbranched alkanes of at least 4 members (excludes halogenated alkanes) is 2. The van der Waals surface area contributed by atoms with Gasteiger partial charge in [0.15, 0.2) is 0 Å². The Labute approximate surface area is 139 Å². The Hall–Kier alpha value is -1.37. The van der Waals surface area contributed by atoms with Gasteiger partial charge in [-0.25, -0.2) is 4.31 Å². The van der Waals surface area contributed by atoms with Gasteiger partial charge < -0.3 is 4.90 Å². The molecule has 1 heterocycles. The van der Waals surface area contributed by atoms with Crippen molar-refractivity contribution in [2.75, 3.05) is 31.0 Å². The standard InChI is InChI=1S/C17H26N2O3S/c1-3-11-18(2)12-6-4-5-7-15-8-9-17-16(14-15)10-13-19(17)23(20,21)22/h3,8-9,14H,1,4-7,10-13H2,2H3,(H,20,21,22). The van der Waals surface area contributed by atoms with E-state index in [1.54, 1.807) is 0 Å². The monoisotopic (exact) mass is 338 g/mol. The molecule has 6 heteroatoms. The van der Waals surface area contributed by atoms with Crippen molar-refractivity contribution in [3.05, 3.63) is 42.0 Å². The van der Waals surface area contributed by atoms with Crippen LogP contribution in [0.1, 0.15) is 30.4 Å². The van der Waals surface area contributed by atoms with Gasteiger partial charge in [-0.05, 0) is 56.5 Å². The Bertz CT molecular complexity index is 643. The highest BCUT2D eigenvalue weighted by Crippen LogP contribution is 2.30. The molecular weight excluding hydrogens is 312 g/mol. The number of anilines is 1. The molecule has 0 radical (unpaired) electrons. The zero-order chi connectivity index (χ0) is 16.9. The summed E-state index contributed by atoms with van der Waals surface area (Å²) in [5.74, 6) is 0. The van der Waals surface area contributed by atoms with Gasteiger partial charge in [0.2, 0.25) is 0 Å². The summed E-state index contributed by atoms with van der Waals surface area (Å²) in [6, 6.07) is 5.85. The Balaban J connectivity index is 1.81. The molecule has 0 fully saturated rings. The number of nitrogens with zero attached hydrogens (tertiary/aromatic N) is 2. The van der Waals surface area contributed by atoms with E-state index in [1.807, 2.05) is 18.2 Å². The van der Waals surface area contributed by atoms with Gasteiger partial charge >= 0.3 is 10.3 Å². The van der Waals surface area contributed by atoms with Crippen molar-refractivity contribution in [2.24, 2.45) is 0 Å². The predicted molar refractivity (Wildman–Crippen MR) is 94.3 cm³/mol. The lowest BCUT2D eigenvalue weighted by Gasteiger charge is -2.15. The van der Waals surface area contributed by atoms with Crippen molar-refractivity contribution in [3.8, 4) is 0 Å². The number of likely N-dealkylation sites (N-methyl/N-ethyl adjacent to an activating group) is 1. The molecule has 1 aromatic carbocycles. The molecule has 1 N–H and O–H groups in total. The molecule has 128 valence electrons. The first-order valence-electron chi connectivity index (χ1n) is 8.08. The molecule has 0 saturated carbocycles. The van der Waals surface area contributed by atoms with E-state index >= 15 is 0 Å². The molecule has 0 aromatic heterocycles. The molecular formula is C17H26N2O3S. The van der Waals surface area contributed by atoms with Gasteiger partial charge in [-0.2, -0.15) is 8.42 Å². The molecule has 0 amide bonds. The molecule has 23 heavy (non-hydrogen) atoms. The molecule has 0 bridgehead atoms. The average molecular weight is 338 g/mol. The molecule has 0 spiro atoms. The number of hydrogen-bond acceptors (Lipinski definition) is 3. The van der Waals surface area contributed by atoms with Crippen LogP contribution in [-0.4, -0.2) is 44.6 Å². The molecule has 0 aliphatic carbocycles. The van der Waals surface area contributed by atoms with Gasteiger partial charge in [-0.15, -0.1) is 6.58 Å². The first kappa shape index (κ1) is 18.0. The van der Waals surface area contributed by atoms with E-state index in [0.717, 1.165) is 35.8 Å². The SMILES string of the molecule is C=CCN(C)CCCCCc1ccc2c(c1)CCN2S(=O)(=O)O. The minimum Gasteiger partial charge on any atom is -0.303 e. The lowest BCUT2D eigenvalue weighted by Crippen LogP contribution is -2.27. The maximum absolute atomic E-state index is 11.3. The first-order valence-corrected chi connectivity index (χ1v) is 9.48. The van der Waals surface area contributed by atoms with Crippen LogP contribution in [0.15, 0.2) is 30.9 Å². The number of rotatable bonds is 9. The van der Waals surface area contributed by atoms with Crippen molar-refractivity contribution < 1.29 is 13.0 Å². The van der Waals surface area contributed by atoms with Gasteiger partial charge in [-0.3, -0.25) is 4.55 Å². The summed E-state index contributed by atoms with van der Waals surface area (Å²) in [5, 5.41) is 0. The molecule has 1 aliphatic rings. The average Bonchev–Trinajstić information content (AvgIpc) is 2.90. The number of benzene rings is 1. The van der Waals surface area contributed by atoms with Crippen LogP contribution in [0.4, 0.5) is 5.69 Å². The Morgan fingerprint density at radius 3 is 2.83 bits per heavy atom. The highest BCUT2D eigenvalue weighted by atomic mass is 32.2. The van der Waals surface area contributed by atoms with Crippen molar-refractivity contribution in [1.29, 1.82) is 0 Å². The van der Waals surface area contributed by atoms with E-state index in [1.165, 1.54) is 18.4 Å². The minimum absolute atomic E-state index is 0.327. The second-order valence-corrected chi connectivity index (χ2v) is 7.46. The third-order valence-electron chi connectivity index (χ3n) is 4.22. The lowest BCUT2D eigenvalue weighted by molar-refractivity contribution is 0.358. The summed E-state index contributed by atoms with van der Waals surface area (Å²) in [6.45, 7) is 6.07. The third kappa shape index (κ3) is 5.06. The molecule has 1 aliphatic heterocycles. The zero-order valence-corrected chi connectivity index (χ0v) is 14.6. The second kappa shape index (κ2) is 7.95. The van der Waals surface area contributed by atoms with Gasteiger partial charge in [0.05, 0.1) is 5.69 Å². The van der Waals surface area contributed by atoms with E-state index < -0.39 is 10.3 Å². The Kier molecular flexibility index (Phi) is 6.21. The highest BCUT2D eigenvalue weighted by Gasteiger charge is 2.27. The van der Waals surface area contributed by atoms with E-state index in [0.29, 0.717) is 18.7 Å². The van der Waals surface area contributed by atoms with Gasteiger partial charge in [0.25, 0.3) is 0 Å². The minimum atomic E-state index is -4.14. The molecule has 0 atom stereocenters. The van der Waals surface area contributed by atoms with E-state index in [9.17, 15) is 13.0 Å². The van der Waals surface area contributed by atoms with Gasteiger partial charge in [0.1, 0.15) is 0 Å². The van der Waals surface area contributed by atoms with Crippen LogP contribution >= 0.6 is 0 Å². The molecule has 5 nitrogen and oxygen atoms in total. The summed E-state index contributed by atoms with van der Waals surface area (Å²) in [7, 11) is -2.04. The fraction of sp³-hybridized carbons (Fsp3) is 0.529. The number of hydrogen-bond donors (Lipinski definition) is 1. The van der Waals surface area contributed by atoms with Gasteiger partial charge in [0, 0.05) is 13.1 Å². The molecule has 0 saturated heterocycles. The van der Waals surface area contributed by atoms with Crippen molar-refractivity contribution in [2.45, 2.75) is 32.1 Å². The first-order chi connectivity index (χ1) is 10.9. The van der Waals surface area contributed by atoms with E-state index in [2.05, 4.69) is 24.6 Å². The summed E-state index contributed by atoms with van der Waals surface area (Å²) < 4.78 is 32.9. The fourth-order valence-electron chi connectivity index (χ4n) is 3.02. The fourth-order valence-corrected chi connectivity index (χ4v) is 3.77. The van der Waals surface area contributed by atoms with E-state index in [4.69, 9.17) is 0 Å². The van der Waals surface area contributed by atoms with Crippen LogP contribution in [-0.2, 0) is 23.1 Å². The van der Waals surface area contributed by atoms with Crippen molar-refractivity contribution >= 4 is 16.0 Å². The third-order valence-corrected chi connectivity index (χ3v) is 5.16. The van der Waals surface area contributed by atoms with Crippen LogP contribution in [0.2, 0.25) is 0 Å². The summed E-state index contributed by atoms with van der Waals surface area (Å²) in [5.41, 5.74) is 2.86. The van der Waals surface area contributed by atoms with Crippen LogP contribution in [0, 0.1) is 0 Å². The normalized spacial score (nSPS) is 14.3. The van der Waals surface area contributed by atoms with Gasteiger partial charge in [-0.1, -0.05) is 24.6 Å². The highest BCUT2D eigenvalue weighted by molar-refractivity contribution is 7.87. The predicted octanol–water partition coefficient (Wildman–Crippen LogP) is 2.68. The largest absolute Gasteiger partial charge is 0.359 e. The maximum Gasteiger partial charge on any atom is 0.359 e. The Morgan fingerprint density at radius 2 is 2.13 bits per heavy atom. The van der Waals surface area contributed by atoms with Crippen LogP contribution in [0.3, 0.4) is 0 Å². The lowest BCUT2D eigenvalue weighted by atomic mass is 10.0. The quantitative estimate of drug-likeness (QED) is 0.427. The van der Waals surface area contributed by atoms with Crippen LogP contribution < -0.4 is 4.31 Å². The summed E-state index contributed by atoms with van der Waals surface area (Å²) >= 11 is 0. The molecule has 2 rings (SSSR count). The number of aryl methyl sites for hydroxylation is 1. The van der Waals surface area contributed by atoms with Crippen LogP contribution in [0.5, 0.6) is 0 Å². The van der Waals surface area contributed by atoms with Crippen molar-refractivity contribution in [1.82, 2.24) is 4.90 Å². The molecule has 0 unspecified atom stereocenters. The Morgan fingerprint density at radius 1 is 1.35 bits per heavy atom.